The summed E-state index contributed by atoms with van der Waals surface area (Å²) in [5, 5.41) is 9.98. The number of anilines is 1. The van der Waals surface area contributed by atoms with Gasteiger partial charge in [-0.25, -0.2) is 0 Å². The van der Waals surface area contributed by atoms with Gasteiger partial charge < -0.3 is 9.64 Å². The Morgan fingerprint density at radius 3 is 2.56 bits per heavy atom. The number of ether oxygens (including phenoxy) is 1. The van der Waals surface area contributed by atoms with Crippen LogP contribution in [0.3, 0.4) is 0 Å². The van der Waals surface area contributed by atoms with Crippen molar-refractivity contribution in [2.45, 2.75) is 6.18 Å². The van der Waals surface area contributed by atoms with Gasteiger partial charge in [0.1, 0.15) is 9.72 Å². The normalized spacial score (nSPS) is 15.6. The summed E-state index contributed by atoms with van der Waals surface area (Å²) in [5.41, 5.74) is -3.34. The highest BCUT2D eigenvalue weighted by Gasteiger charge is 2.38. The molecule has 12 heteroatoms. The second-order valence-corrected chi connectivity index (χ2v) is 6.47. The third-order valence-corrected chi connectivity index (χ3v) is 5.12. The zero-order valence-corrected chi connectivity index (χ0v) is 13.9. The van der Waals surface area contributed by atoms with Gasteiger partial charge in [0.15, 0.2) is 5.13 Å². The van der Waals surface area contributed by atoms with E-state index in [4.69, 9.17) is 16.3 Å². The van der Waals surface area contributed by atoms with Gasteiger partial charge in [-0.1, -0.05) is 22.9 Å². The summed E-state index contributed by atoms with van der Waals surface area (Å²) < 4.78 is 44.2. The number of benzene rings is 1. The summed E-state index contributed by atoms with van der Waals surface area (Å²) >= 11 is 6.41. The zero-order valence-electron chi connectivity index (χ0n) is 12.3. The molecule has 3 rings (SSSR count). The number of alkyl halides is 3. The van der Waals surface area contributed by atoms with E-state index in [1.54, 1.807) is 4.90 Å². The van der Waals surface area contributed by atoms with Crippen molar-refractivity contribution in [3.05, 3.63) is 37.1 Å². The monoisotopic (exact) mass is 395 g/mol. The van der Waals surface area contributed by atoms with E-state index in [0.29, 0.717) is 32.4 Å². The molecule has 0 aliphatic carbocycles. The molecule has 1 aromatic carbocycles. The van der Waals surface area contributed by atoms with Crippen molar-refractivity contribution in [2.75, 3.05) is 31.2 Å². The Morgan fingerprint density at radius 2 is 2.00 bits per heavy atom. The van der Waals surface area contributed by atoms with Gasteiger partial charge in [0.25, 0.3) is 5.56 Å². The molecule has 1 aromatic heterocycles. The Labute approximate surface area is 146 Å². The molecule has 7 nitrogen and oxygen atoms in total. The van der Waals surface area contributed by atoms with Crippen LogP contribution in [0, 0.1) is 10.1 Å². The van der Waals surface area contributed by atoms with Crippen LogP contribution in [0.2, 0.25) is 5.02 Å². The zero-order chi connectivity index (χ0) is 18.4. The lowest BCUT2D eigenvalue weighted by atomic mass is 10.1. The second-order valence-electron chi connectivity index (χ2n) is 5.12. The molecule has 2 aromatic rings. The van der Waals surface area contributed by atoms with Crippen molar-refractivity contribution in [3.63, 3.8) is 0 Å². The predicted molar refractivity (Wildman–Crippen MR) is 85.6 cm³/mol. The van der Waals surface area contributed by atoms with Crippen LogP contribution < -0.4 is 10.5 Å². The van der Waals surface area contributed by atoms with Crippen LogP contribution >= 0.6 is 22.9 Å². The number of nitro benzene ring substituents is 1. The first-order valence-electron chi connectivity index (χ1n) is 6.92. The number of nitrogens with zero attached hydrogens (tertiary/aromatic N) is 3. The average Bonchev–Trinajstić information content (AvgIpc) is 2.53. The topological polar surface area (TPSA) is 85.6 Å². The first-order valence-corrected chi connectivity index (χ1v) is 8.11. The lowest BCUT2D eigenvalue weighted by Gasteiger charge is -2.26. The van der Waals surface area contributed by atoms with Crippen LogP contribution in [-0.4, -0.2) is 36.2 Å². The summed E-state index contributed by atoms with van der Waals surface area (Å²) in [5.74, 6) is 0. The Balaban J connectivity index is 2.31. The number of aromatic nitrogens is 1. The van der Waals surface area contributed by atoms with Gasteiger partial charge in [-0.15, -0.1) is 0 Å². The highest BCUT2D eigenvalue weighted by Crippen LogP contribution is 2.44. The predicted octanol–water partition coefficient (Wildman–Crippen LogP) is 3.07. The molecule has 1 saturated heterocycles. The molecule has 0 saturated carbocycles. The third-order valence-electron chi connectivity index (χ3n) is 3.58. The molecule has 0 atom stereocenters. The molecule has 134 valence electrons. The number of halogens is 4. The average molecular weight is 396 g/mol. The van der Waals surface area contributed by atoms with E-state index >= 15 is 0 Å². The fourth-order valence-corrected chi connectivity index (χ4v) is 3.94. The van der Waals surface area contributed by atoms with Gasteiger partial charge in [0.2, 0.25) is 0 Å². The summed E-state index contributed by atoms with van der Waals surface area (Å²) in [6.45, 7) is 1.60. The lowest BCUT2D eigenvalue weighted by Crippen LogP contribution is -2.37. The van der Waals surface area contributed by atoms with Crippen LogP contribution in [0.15, 0.2) is 10.9 Å². The molecule has 2 heterocycles. The molecule has 0 amide bonds. The van der Waals surface area contributed by atoms with E-state index in [1.807, 2.05) is 0 Å². The molecule has 0 bridgehead atoms. The molecule has 0 spiro atoms. The highest BCUT2D eigenvalue weighted by atomic mass is 35.5. The fraction of sp³-hybridized carbons (Fsp3) is 0.385. The quantitative estimate of drug-likeness (QED) is 0.574. The van der Waals surface area contributed by atoms with Crippen molar-refractivity contribution in [2.24, 2.45) is 0 Å². The van der Waals surface area contributed by atoms with E-state index < -0.39 is 38.3 Å². The Morgan fingerprint density at radius 1 is 1.36 bits per heavy atom. The Kier molecular flexibility index (Phi) is 4.56. The van der Waals surface area contributed by atoms with Crippen LogP contribution in [0.5, 0.6) is 0 Å². The van der Waals surface area contributed by atoms with Gasteiger partial charge in [0.05, 0.1) is 29.1 Å². The van der Waals surface area contributed by atoms with Crippen LogP contribution in [0.4, 0.5) is 24.0 Å². The number of fused-ring (bicyclic) bond motifs is 1. The van der Waals surface area contributed by atoms with Crippen LogP contribution in [0.1, 0.15) is 5.56 Å². The highest BCUT2D eigenvalue weighted by molar-refractivity contribution is 7.22. The minimum absolute atomic E-state index is 0.180. The SMILES string of the molecule is O=c1nc(N2CCOCC2)sc2c([N+](=O)[O-])c(Cl)c(C(F)(F)F)cc12. The van der Waals surface area contributed by atoms with E-state index in [9.17, 15) is 28.1 Å². The number of hydrogen-bond donors (Lipinski definition) is 0. The van der Waals surface area contributed by atoms with E-state index in [0.717, 1.165) is 11.3 Å². The Hall–Kier alpha value is -1.98. The number of morpholine rings is 1. The summed E-state index contributed by atoms with van der Waals surface area (Å²) in [7, 11) is 0. The standard InChI is InChI=1S/C13H9ClF3N3O4S/c14-8-7(13(15,16)17)5-6-10(9(8)20(22)23)25-12(18-11(6)21)19-1-3-24-4-2-19/h5H,1-4H2. The second kappa shape index (κ2) is 6.39. The number of nitro groups is 1. The maximum atomic E-state index is 13.1. The lowest BCUT2D eigenvalue weighted by molar-refractivity contribution is -0.382. The summed E-state index contributed by atoms with van der Waals surface area (Å²) in [6, 6.07) is 0.513. The van der Waals surface area contributed by atoms with E-state index in [1.165, 1.54) is 0 Å². The number of hydrogen-bond acceptors (Lipinski definition) is 7. The van der Waals surface area contributed by atoms with Gasteiger partial charge in [-0.05, 0) is 6.07 Å². The minimum atomic E-state index is -4.93. The summed E-state index contributed by atoms with van der Waals surface area (Å²) in [6.07, 6.45) is -4.93. The van der Waals surface area contributed by atoms with Gasteiger partial charge in [-0.3, -0.25) is 14.9 Å². The minimum Gasteiger partial charge on any atom is -0.378 e. The molecule has 0 unspecified atom stereocenters. The van der Waals surface area contributed by atoms with Gasteiger partial charge in [0, 0.05) is 13.1 Å². The molecular weight excluding hydrogens is 387 g/mol. The van der Waals surface area contributed by atoms with Gasteiger partial charge >= 0.3 is 11.9 Å². The largest absolute Gasteiger partial charge is 0.418 e. The molecule has 0 N–H and O–H groups in total. The molecule has 1 aliphatic heterocycles. The fourth-order valence-electron chi connectivity index (χ4n) is 2.41. The van der Waals surface area contributed by atoms with E-state index in [-0.39, 0.29) is 9.83 Å². The molecule has 1 fully saturated rings. The molecule has 0 radical (unpaired) electrons. The van der Waals surface area contributed by atoms with Crippen molar-refractivity contribution < 1.29 is 22.8 Å². The van der Waals surface area contributed by atoms with Gasteiger partial charge in [-0.2, -0.15) is 18.2 Å². The molecule has 1 aliphatic rings. The molecular formula is C13H9ClF3N3O4S. The first kappa shape index (κ1) is 17.8. The first-order chi connectivity index (χ1) is 11.7. The van der Waals surface area contributed by atoms with Crippen molar-refractivity contribution in [3.8, 4) is 0 Å². The van der Waals surface area contributed by atoms with Crippen LogP contribution in [0.25, 0.3) is 10.1 Å². The maximum absolute atomic E-state index is 13.1. The Bertz CT molecular complexity index is 912. The summed E-state index contributed by atoms with van der Waals surface area (Å²) in [4.78, 5) is 28.0. The molecule has 25 heavy (non-hydrogen) atoms. The van der Waals surface area contributed by atoms with Crippen molar-refractivity contribution in [1.82, 2.24) is 4.98 Å². The maximum Gasteiger partial charge on any atom is 0.418 e. The van der Waals surface area contributed by atoms with Crippen molar-refractivity contribution >= 4 is 43.8 Å². The number of rotatable bonds is 2. The third kappa shape index (κ3) is 3.26. The van der Waals surface area contributed by atoms with Crippen LogP contribution in [-0.2, 0) is 10.9 Å². The van der Waals surface area contributed by atoms with E-state index in [2.05, 4.69) is 4.98 Å². The van der Waals surface area contributed by atoms with Crippen molar-refractivity contribution in [1.29, 1.82) is 0 Å². The smallest absolute Gasteiger partial charge is 0.378 e.